The van der Waals surface area contributed by atoms with Gasteiger partial charge in [0.15, 0.2) is 5.96 Å². The van der Waals surface area contributed by atoms with E-state index in [1.807, 2.05) is 6.20 Å². The predicted octanol–water partition coefficient (Wildman–Crippen LogP) is 3.19. The molecule has 3 heterocycles. The van der Waals surface area contributed by atoms with E-state index in [-0.39, 0.29) is 30.1 Å². The number of nitrogens with zero attached hydrogens (tertiary/aromatic N) is 3. The minimum atomic E-state index is 0. The number of anilines is 1. The summed E-state index contributed by atoms with van der Waals surface area (Å²) in [5.74, 6) is 2.76. The Balaban J connectivity index is 0.00000320. The van der Waals surface area contributed by atoms with Gasteiger partial charge in [-0.1, -0.05) is 13.0 Å². The monoisotopic (exact) mass is 531 g/mol. The number of halogens is 1. The zero-order chi connectivity index (χ0) is 20.3. The average molecular weight is 531 g/mol. The van der Waals surface area contributed by atoms with E-state index in [9.17, 15) is 0 Å². The van der Waals surface area contributed by atoms with Crippen LogP contribution in [0.25, 0.3) is 0 Å². The maximum Gasteiger partial charge on any atom is 0.191 e. The molecular formula is C22H38IN5O2. The number of hydrogen-bond acceptors (Lipinski definition) is 5. The van der Waals surface area contributed by atoms with Crippen LogP contribution < -0.4 is 15.5 Å². The van der Waals surface area contributed by atoms with Crippen LogP contribution in [0, 0.1) is 5.92 Å². The van der Waals surface area contributed by atoms with Gasteiger partial charge in [-0.15, -0.1) is 24.0 Å². The Bertz CT molecular complexity index is 614. The minimum absolute atomic E-state index is 0. The van der Waals surface area contributed by atoms with E-state index in [4.69, 9.17) is 14.5 Å². The van der Waals surface area contributed by atoms with Crippen LogP contribution in [0.1, 0.15) is 45.1 Å². The van der Waals surface area contributed by atoms with E-state index < -0.39 is 0 Å². The van der Waals surface area contributed by atoms with Gasteiger partial charge in [-0.25, -0.2) is 9.98 Å². The first-order valence-electron chi connectivity index (χ1n) is 11.2. The number of rotatable bonds is 9. The predicted molar refractivity (Wildman–Crippen MR) is 133 cm³/mol. The maximum absolute atomic E-state index is 5.80. The normalized spacial score (nSPS) is 20.1. The molecule has 0 spiro atoms. The second-order valence-electron chi connectivity index (χ2n) is 8.03. The lowest BCUT2D eigenvalue weighted by atomic mass is 9.99. The molecule has 2 N–H and O–H groups in total. The number of ether oxygens (including phenoxy) is 2. The van der Waals surface area contributed by atoms with Gasteiger partial charge in [0.2, 0.25) is 0 Å². The molecule has 8 heteroatoms. The number of pyridine rings is 1. The third-order valence-corrected chi connectivity index (χ3v) is 5.54. The SMILES string of the molecule is CCNC(=NCc1ccc(N2CCC(C)CC2)nc1)NCCCOC1CCOC1.I. The van der Waals surface area contributed by atoms with Gasteiger partial charge in [0, 0.05) is 45.6 Å². The van der Waals surface area contributed by atoms with Crippen LogP contribution in [-0.4, -0.2) is 63.0 Å². The molecule has 2 fully saturated rings. The molecule has 3 rings (SSSR count). The van der Waals surface area contributed by atoms with Crippen molar-refractivity contribution in [2.24, 2.45) is 10.9 Å². The van der Waals surface area contributed by atoms with Crippen LogP contribution in [0.15, 0.2) is 23.3 Å². The van der Waals surface area contributed by atoms with Crippen molar-refractivity contribution in [2.45, 2.75) is 52.2 Å². The first-order chi connectivity index (χ1) is 14.2. The van der Waals surface area contributed by atoms with E-state index >= 15 is 0 Å². The molecule has 1 aromatic rings. The molecule has 0 radical (unpaired) electrons. The summed E-state index contributed by atoms with van der Waals surface area (Å²) in [6.07, 6.45) is 6.71. The first kappa shape index (κ1) is 25.1. The summed E-state index contributed by atoms with van der Waals surface area (Å²) in [6.45, 7) is 11.2. The maximum atomic E-state index is 5.80. The summed E-state index contributed by atoms with van der Waals surface area (Å²) in [5.41, 5.74) is 1.13. The van der Waals surface area contributed by atoms with Gasteiger partial charge in [0.1, 0.15) is 5.82 Å². The van der Waals surface area contributed by atoms with E-state index in [0.717, 1.165) is 82.1 Å². The molecule has 2 aliphatic rings. The standard InChI is InChI=1S/C22H37N5O2.HI/c1-3-23-22(24-10-4-13-29-20-9-14-28-17-20)26-16-19-5-6-21(25-15-19)27-11-7-18(2)8-12-27;/h5-6,15,18,20H,3-4,7-14,16-17H2,1-2H3,(H2,23,24,26);1H. The van der Waals surface area contributed by atoms with Crippen LogP contribution in [0.4, 0.5) is 5.82 Å². The minimum Gasteiger partial charge on any atom is -0.379 e. The number of aromatic nitrogens is 1. The first-order valence-corrected chi connectivity index (χ1v) is 11.2. The van der Waals surface area contributed by atoms with Crippen molar-refractivity contribution in [3.05, 3.63) is 23.9 Å². The molecule has 7 nitrogen and oxygen atoms in total. The van der Waals surface area contributed by atoms with Crippen molar-refractivity contribution in [3.8, 4) is 0 Å². The fourth-order valence-corrected chi connectivity index (χ4v) is 3.62. The molecule has 170 valence electrons. The smallest absolute Gasteiger partial charge is 0.191 e. The molecule has 0 amide bonds. The summed E-state index contributed by atoms with van der Waals surface area (Å²) in [7, 11) is 0. The van der Waals surface area contributed by atoms with Gasteiger partial charge in [0.05, 0.1) is 19.3 Å². The molecule has 30 heavy (non-hydrogen) atoms. The molecule has 0 aromatic carbocycles. The highest BCUT2D eigenvalue weighted by atomic mass is 127. The van der Waals surface area contributed by atoms with Crippen molar-refractivity contribution >= 4 is 35.8 Å². The third-order valence-electron chi connectivity index (χ3n) is 5.54. The zero-order valence-electron chi connectivity index (χ0n) is 18.4. The third kappa shape index (κ3) is 8.55. The van der Waals surface area contributed by atoms with Crippen molar-refractivity contribution in [1.82, 2.24) is 15.6 Å². The van der Waals surface area contributed by atoms with Gasteiger partial charge in [0.25, 0.3) is 0 Å². The molecule has 0 saturated carbocycles. The molecule has 2 saturated heterocycles. The van der Waals surface area contributed by atoms with Crippen LogP contribution in [-0.2, 0) is 16.0 Å². The second-order valence-corrected chi connectivity index (χ2v) is 8.03. The highest BCUT2D eigenvalue weighted by Gasteiger charge is 2.17. The Labute approximate surface area is 198 Å². The van der Waals surface area contributed by atoms with E-state index in [1.165, 1.54) is 12.8 Å². The lowest BCUT2D eigenvalue weighted by Gasteiger charge is -2.31. The average Bonchev–Trinajstić information content (AvgIpc) is 3.26. The van der Waals surface area contributed by atoms with Crippen LogP contribution in [0.5, 0.6) is 0 Å². The Morgan fingerprint density at radius 1 is 1.27 bits per heavy atom. The van der Waals surface area contributed by atoms with Gasteiger partial charge >= 0.3 is 0 Å². The van der Waals surface area contributed by atoms with Gasteiger partial charge in [-0.3, -0.25) is 0 Å². The molecule has 1 aromatic heterocycles. The number of hydrogen-bond donors (Lipinski definition) is 2. The Morgan fingerprint density at radius 2 is 2.10 bits per heavy atom. The van der Waals surface area contributed by atoms with Crippen molar-refractivity contribution < 1.29 is 9.47 Å². The van der Waals surface area contributed by atoms with Gasteiger partial charge < -0.3 is 25.0 Å². The highest BCUT2D eigenvalue weighted by Crippen LogP contribution is 2.21. The summed E-state index contributed by atoms with van der Waals surface area (Å²) in [6, 6.07) is 4.27. The molecular weight excluding hydrogens is 493 g/mol. The molecule has 0 bridgehead atoms. The Kier molecular flexibility index (Phi) is 11.8. The van der Waals surface area contributed by atoms with E-state index in [1.54, 1.807) is 0 Å². The van der Waals surface area contributed by atoms with Crippen LogP contribution >= 0.6 is 24.0 Å². The summed E-state index contributed by atoms with van der Waals surface area (Å²) in [4.78, 5) is 11.7. The quantitative estimate of drug-likeness (QED) is 0.221. The topological polar surface area (TPSA) is 71.0 Å². The van der Waals surface area contributed by atoms with Crippen LogP contribution in [0.2, 0.25) is 0 Å². The summed E-state index contributed by atoms with van der Waals surface area (Å²) in [5, 5.41) is 6.68. The lowest BCUT2D eigenvalue weighted by molar-refractivity contribution is 0.0420. The fraction of sp³-hybridized carbons (Fsp3) is 0.727. The zero-order valence-corrected chi connectivity index (χ0v) is 20.8. The highest BCUT2D eigenvalue weighted by molar-refractivity contribution is 14.0. The van der Waals surface area contributed by atoms with E-state index in [2.05, 4.69) is 46.5 Å². The van der Waals surface area contributed by atoms with Crippen molar-refractivity contribution in [1.29, 1.82) is 0 Å². The summed E-state index contributed by atoms with van der Waals surface area (Å²) < 4.78 is 11.1. The van der Waals surface area contributed by atoms with Crippen LogP contribution in [0.3, 0.4) is 0 Å². The number of guanidine groups is 1. The number of piperidine rings is 1. The van der Waals surface area contributed by atoms with Gasteiger partial charge in [-0.05, 0) is 50.2 Å². The molecule has 1 atom stereocenters. The molecule has 1 unspecified atom stereocenters. The van der Waals surface area contributed by atoms with Gasteiger partial charge in [-0.2, -0.15) is 0 Å². The summed E-state index contributed by atoms with van der Waals surface area (Å²) >= 11 is 0. The molecule has 2 aliphatic heterocycles. The number of aliphatic imine (C=N–C) groups is 1. The van der Waals surface area contributed by atoms with Crippen molar-refractivity contribution in [2.75, 3.05) is 50.9 Å². The fourth-order valence-electron chi connectivity index (χ4n) is 3.62. The Morgan fingerprint density at radius 3 is 2.77 bits per heavy atom. The lowest BCUT2D eigenvalue weighted by Crippen LogP contribution is -2.38. The van der Waals surface area contributed by atoms with E-state index in [0.29, 0.717) is 6.54 Å². The molecule has 0 aliphatic carbocycles. The van der Waals surface area contributed by atoms with Crippen molar-refractivity contribution in [3.63, 3.8) is 0 Å². The Hall–Kier alpha value is -1.13. The largest absolute Gasteiger partial charge is 0.379 e. The number of nitrogens with one attached hydrogen (secondary N) is 2. The second kappa shape index (κ2) is 14.0.